The third-order valence-corrected chi connectivity index (χ3v) is 0.642. The SMILES string of the molecule is CC=C=C(C=O)CO. The van der Waals surface area contributed by atoms with Gasteiger partial charge < -0.3 is 5.11 Å². The molecule has 0 amide bonds. The maximum atomic E-state index is 9.85. The van der Waals surface area contributed by atoms with Crippen LogP contribution in [0.5, 0.6) is 0 Å². The van der Waals surface area contributed by atoms with Crippen molar-refractivity contribution in [2.45, 2.75) is 6.92 Å². The van der Waals surface area contributed by atoms with E-state index >= 15 is 0 Å². The smallest absolute Gasteiger partial charge is 0.156 e. The topological polar surface area (TPSA) is 37.3 Å². The second kappa shape index (κ2) is 4.31. The first kappa shape index (κ1) is 7.15. The Kier molecular flexibility index (Phi) is 3.85. The Morgan fingerprint density at radius 2 is 2.50 bits per heavy atom. The lowest BCUT2D eigenvalue weighted by Gasteiger charge is -1.80. The number of carbonyl (C=O) groups excluding carboxylic acids is 1. The van der Waals surface area contributed by atoms with E-state index in [1.54, 1.807) is 13.0 Å². The van der Waals surface area contributed by atoms with Crippen molar-refractivity contribution >= 4 is 6.29 Å². The van der Waals surface area contributed by atoms with Crippen LogP contribution in [0.1, 0.15) is 6.92 Å². The normalized spacial score (nSPS) is 7.25. The van der Waals surface area contributed by atoms with Crippen LogP contribution in [0.15, 0.2) is 17.4 Å². The van der Waals surface area contributed by atoms with Gasteiger partial charge in [0.1, 0.15) is 0 Å². The molecule has 1 N–H and O–H groups in total. The molecule has 0 aliphatic carbocycles. The highest BCUT2D eigenvalue weighted by atomic mass is 16.3. The van der Waals surface area contributed by atoms with Gasteiger partial charge in [0, 0.05) is 0 Å². The third-order valence-electron chi connectivity index (χ3n) is 0.642. The van der Waals surface area contributed by atoms with Gasteiger partial charge in [-0.1, -0.05) is 0 Å². The molecule has 0 saturated carbocycles. The van der Waals surface area contributed by atoms with Crippen molar-refractivity contribution in [3.8, 4) is 0 Å². The van der Waals surface area contributed by atoms with Gasteiger partial charge >= 0.3 is 0 Å². The van der Waals surface area contributed by atoms with E-state index < -0.39 is 0 Å². The molecule has 0 unspecified atom stereocenters. The van der Waals surface area contributed by atoms with Crippen molar-refractivity contribution in [3.05, 3.63) is 17.4 Å². The minimum atomic E-state index is -0.228. The molecular formula is C6H8O2. The summed E-state index contributed by atoms with van der Waals surface area (Å²) in [5.41, 5.74) is 2.84. The predicted molar refractivity (Wildman–Crippen MR) is 30.4 cm³/mol. The predicted octanol–water partition coefficient (Wildman–Crippen LogP) is 0.279. The molecule has 0 aliphatic rings. The average Bonchev–Trinajstić information content (AvgIpc) is 1.83. The van der Waals surface area contributed by atoms with Gasteiger partial charge in [0.15, 0.2) is 6.29 Å². The second-order valence-electron chi connectivity index (χ2n) is 1.23. The molecule has 0 heterocycles. The highest BCUT2D eigenvalue weighted by molar-refractivity contribution is 5.72. The largest absolute Gasteiger partial charge is 0.391 e. The zero-order valence-electron chi connectivity index (χ0n) is 4.72. The first-order chi connectivity index (χ1) is 3.85. The zero-order chi connectivity index (χ0) is 6.41. The molecule has 0 bridgehead atoms. The van der Waals surface area contributed by atoms with Crippen molar-refractivity contribution in [3.63, 3.8) is 0 Å². The van der Waals surface area contributed by atoms with Crippen LogP contribution in [0.4, 0.5) is 0 Å². The first-order valence-electron chi connectivity index (χ1n) is 2.31. The van der Waals surface area contributed by atoms with E-state index in [9.17, 15) is 4.79 Å². The Morgan fingerprint density at radius 1 is 1.88 bits per heavy atom. The van der Waals surface area contributed by atoms with Crippen molar-refractivity contribution in [2.75, 3.05) is 6.61 Å². The lowest BCUT2D eigenvalue weighted by Crippen LogP contribution is -1.87. The summed E-state index contributed by atoms with van der Waals surface area (Å²) in [4.78, 5) is 9.85. The third kappa shape index (κ3) is 2.35. The standard InChI is InChI=1S/C6H8O2/c1-2-3-6(4-7)5-8/h2,4,8H,5H2,1H3. The van der Waals surface area contributed by atoms with Crippen LogP contribution < -0.4 is 0 Å². The van der Waals surface area contributed by atoms with Gasteiger partial charge in [-0.3, -0.25) is 4.79 Å². The monoisotopic (exact) mass is 112 g/mol. The second-order valence-corrected chi connectivity index (χ2v) is 1.23. The quantitative estimate of drug-likeness (QED) is 0.316. The summed E-state index contributed by atoms with van der Waals surface area (Å²) in [7, 11) is 0. The van der Waals surface area contributed by atoms with E-state index in [0.717, 1.165) is 0 Å². The lowest BCUT2D eigenvalue weighted by molar-refractivity contribution is -0.105. The highest BCUT2D eigenvalue weighted by Crippen LogP contribution is 1.80. The maximum absolute atomic E-state index is 9.85. The van der Waals surface area contributed by atoms with Crippen LogP contribution in [0, 0.1) is 0 Å². The fraction of sp³-hybridized carbons (Fsp3) is 0.333. The van der Waals surface area contributed by atoms with Crippen LogP contribution in [0.2, 0.25) is 0 Å². The Hall–Kier alpha value is -0.850. The van der Waals surface area contributed by atoms with Crippen LogP contribution >= 0.6 is 0 Å². The van der Waals surface area contributed by atoms with Crippen LogP contribution in [-0.2, 0) is 4.79 Å². The van der Waals surface area contributed by atoms with Gasteiger partial charge in [0.2, 0.25) is 0 Å². The molecule has 0 saturated heterocycles. The molecule has 0 atom stereocenters. The maximum Gasteiger partial charge on any atom is 0.156 e. The summed E-state index contributed by atoms with van der Waals surface area (Å²) in [6.45, 7) is 1.51. The molecule has 2 heteroatoms. The molecule has 0 aromatic heterocycles. The Morgan fingerprint density at radius 3 is 2.62 bits per heavy atom. The molecule has 2 nitrogen and oxygen atoms in total. The average molecular weight is 112 g/mol. The van der Waals surface area contributed by atoms with E-state index in [0.29, 0.717) is 6.29 Å². The Bertz CT molecular complexity index is 129. The fourth-order valence-electron chi connectivity index (χ4n) is 0.302. The zero-order valence-corrected chi connectivity index (χ0v) is 4.72. The van der Waals surface area contributed by atoms with Crippen molar-refractivity contribution < 1.29 is 9.90 Å². The van der Waals surface area contributed by atoms with Crippen LogP contribution in [-0.4, -0.2) is 18.0 Å². The van der Waals surface area contributed by atoms with Gasteiger partial charge in [-0.2, -0.15) is 0 Å². The number of rotatable bonds is 2. The van der Waals surface area contributed by atoms with Crippen LogP contribution in [0.25, 0.3) is 0 Å². The van der Waals surface area contributed by atoms with Gasteiger partial charge in [0.05, 0.1) is 12.2 Å². The molecule has 0 radical (unpaired) electrons. The molecule has 44 valence electrons. The molecule has 0 rings (SSSR count). The van der Waals surface area contributed by atoms with E-state index in [1.807, 2.05) is 0 Å². The van der Waals surface area contributed by atoms with E-state index in [-0.39, 0.29) is 12.2 Å². The number of aliphatic hydroxyl groups excluding tert-OH is 1. The molecule has 8 heavy (non-hydrogen) atoms. The number of carbonyl (C=O) groups is 1. The molecule has 0 aromatic carbocycles. The number of hydrogen-bond acceptors (Lipinski definition) is 2. The Balaban J connectivity index is 4.08. The molecule has 0 fully saturated rings. The summed E-state index contributed by atoms with van der Waals surface area (Å²) in [6.07, 6.45) is 2.17. The van der Waals surface area contributed by atoms with E-state index in [4.69, 9.17) is 5.11 Å². The van der Waals surface area contributed by atoms with Crippen LogP contribution in [0.3, 0.4) is 0 Å². The molecule has 0 aromatic rings. The molecular weight excluding hydrogens is 104 g/mol. The van der Waals surface area contributed by atoms with Gasteiger partial charge in [-0.05, 0) is 13.0 Å². The van der Waals surface area contributed by atoms with Gasteiger partial charge in [-0.25, -0.2) is 0 Å². The van der Waals surface area contributed by atoms with E-state index in [1.165, 1.54) is 0 Å². The minimum Gasteiger partial charge on any atom is -0.391 e. The summed E-state index contributed by atoms with van der Waals surface area (Å²) in [6, 6.07) is 0. The first-order valence-corrected chi connectivity index (χ1v) is 2.31. The number of hydrogen-bond donors (Lipinski definition) is 1. The van der Waals surface area contributed by atoms with E-state index in [2.05, 4.69) is 5.73 Å². The van der Waals surface area contributed by atoms with Crippen molar-refractivity contribution in [1.29, 1.82) is 0 Å². The van der Waals surface area contributed by atoms with Gasteiger partial charge in [-0.15, -0.1) is 5.73 Å². The Labute approximate surface area is 48.1 Å². The summed E-state index contributed by atoms with van der Waals surface area (Å²) in [5.74, 6) is 0. The minimum absolute atomic E-state index is 0.228. The molecule has 0 spiro atoms. The highest BCUT2D eigenvalue weighted by Gasteiger charge is 1.84. The van der Waals surface area contributed by atoms with Gasteiger partial charge in [0.25, 0.3) is 0 Å². The number of aliphatic hydroxyl groups is 1. The fourth-order valence-corrected chi connectivity index (χ4v) is 0.302. The summed E-state index contributed by atoms with van der Waals surface area (Å²) in [5, 5.41) is 8.31. The van der Waals surface area contributed by atoms with Crippen molar-refractivity contribution in [1.82, 2.24) is 0 Å². The molecule has 0 aliphatic heterocycles. The number of aldehydes is 1. The lowest BCUT2D eigenvalue weighted by atomic mass is 10.3. The summed E-state index contributed by atoms with van der Waals surface area (Å²) >= 11 is 0. The van der Waals surface area contributed by atoms with Crippen molar-refractivity contribution in [2.24, 2.45) is 0 Å². The summed E-state index contributed by atoms with van der Waals surface area (Å²) < 4.78 is 0.